The van der Waals surface area contributed by atoms with Crippen molar-refractivity contribution in [3.63, 3.8) is 0 Å². The van der Waals surface area contributed by atoms with Gasteiger partial charge >= 0.3 is 0 Å². The molecule has 1 unspecified atom stereocenters. The third-order valence-corrected chi connectivity index (χ3v) is 9.30. The molecule has 2 aromatic rings. The number of nitrogens with zero attached hydrogens (tertiary/aromatic N) is 8. The van der Waals surface area contributed by atoms with Crippen molar-refractivity contribution >= 4 is 33.3 Å². The molecule has 2 N–H and O–H groups in total. The Bertz CT molecular complexity index is 1050. The normalized spacial score (nSPS) is 24.0. The maximum absolute atomic E-state index is 13.8. The van der Waals surface area contributed by atoms with Gasteiger partial charge < -0.3 is 10.2 Å². The van der Waals surface area contributed by atoms with Crippen LogP contribution in [0.5, 0.6) is 0 Å². The molecule has 0 spiro atoms. The SMILES string of the molecule is CC(C)N1CCN(C(C(=O)Nc2nnc(N[C@@H]3CCN(c4cncnn4)C3)s2)C2CCC(C)(C)CC2)CC1. The zero-order chi connectivity index (χ0) is 26.7. The van der Waals surface area contributed by atoms with Crippen LogP contribution in [0.15, 0.2) is 12.5 Å². The van der Waals surface area contributed by atoms with Crippen LogP contribution in [0, 0.1) is 11.3 Å². The van der Waals surface area contributed by atoms with Crippen molar-refractivity contribution in [1.82, 2.24) is 35.2 Å². The molecule has 11 nitrogen and oxygen atoms in total. The van der Waals surface area contributed by atoms with Crippen molar-refractivity contribution in [1.29, 1.82) is 0 Å². The van der Waals surface area contributed by atoms with Crippen LogP contribution in [0.4, 0.5) is 16.1 Å². The molecular weight excluding hydrogens is 500 g/mol. The van der Waals surface area contributed by atoms with E-state index in [1.165, 1.54) is 30.5 Å². The lowest BCUT2D eigenvalue weighted by molar-refractivity contribution is -0.125. The predicted octanol–water partition coefficient (Wildman–Crippen LogP) is 2.96. The molecule has 5 rings (SSSR count). The lowest BCUT2D eigenvalue weighted by Gasteiger charge is -2.45. The molecule has 1 amide bonds. The number of amides is 1. The number of anilines is 3. The molecule has 0 bridgehead atoms. The minimum absolute atomic E-state index is 0.0672. The quantitative estimate of drug-likeness (QED) is 0.516. The molecule has 12 heteroatoms. The first-order chi connectivity index (χ1) is 18.3. The van der Waals surface area contributed by atoms with E-state index < -0.39 is 0 Å². The van der Waals surface area contributed by atoms with E-state index in [0.717, 1.165) is 69.5 Å². The van der Waals surface area contributed by atoms with E-state index in [9.17, 15) is 4.79 Å². The maximum Gasteiger partial charge on any atom is 0.243 e. The second kappa shape index (κ2) is 11.7. The molecule has 208 valence electrons. The molecule has 0 aromatic carbocycles. The molecular formula is C26H42N10OS. The number of rotatable bonds is 8. The fraction of sp³-hybridized carbons (Fsp3) is 0.769. The first-order valence-corrected chi connectivity index (χ1v) is 14.9. The average Bonchev–Trinajstić information content (AvgIpc) is 3.56. The third kappa shape index (κ3) is 6.58. The molecule has 1 aliphatic carbocycles. The summed E-state index contributed by atoms with van der Waals surface area (Å²) >= 11 is 1.41. The summed E-state index contributed by atoms with van der Waals surface area (Å²) in [7, 11) is 0. The van der Waals surface area contributed by atoms with Gasteiger partial charge in [-0.25, -0.2) is 4.98 Å². The summed E-state index contributed by atoms with van der Waals surface area (Å²) in [6, 6.07) is 0.644. The molecule has 2 saturated heterocycles. The Kier molecular flexibility index (Phi) is 8.39. The summed E-state index contributed by atoms with van der Waals surface area (Å²) in [6.45, 7) is 14.8. The summed E-state index contributed by atoms with van der Waals surface area (Å²) in [4.78, 5) is 24.9. The van der Waals surface area contributed by atoms with Crippen LogP contribution < -0.4 is 15.5 Å². The molecule has 2 atom stereocenters. The van der Waals surface area contributed by atoms with Crippen molar-refractivity contribution in [2.75, 3.05) is 54.8 Å². The number of carbonyl (C=O) groups excluding carboxylic acids is 1. The Morgan fingerprint density at radius 3 is 2.39 bits per heavy atom. The van der Waals surface area contributed by atoms with Gasteiger partial charge in [-0.05, 0) is 57.3 Å². The summed E-state index contributed by atoms with van der Waals surface area (Å²) in [5.74, 6) is 1.23. The van der Waals surface area contributed by atoms with E-state index in [2.05, 4.69) is 78.4 Å². The van der Waals surface area contributed by atoms with Gasteiger partial charge in [-0.2, -0.15) is 0 Å². The number of carbonyl (C=O) groups is 1. The van der Waals surface area contributed by atoms with Crippen LogP contribution in [0.3, 0.4) is 0 Å². The second-order valence-electron chi connectivity index (χ2n) is 12.1. The highest BCUT2D eigenvalue weighted by Crippen LogP contribution is 2.40. The molecule has 0 radical (unpaired) electrons. The molecule has 2 aliphatic heterocycles. The molecule has 38 heavy (non-hydrogen) atoms. The molecule has 4 heterocycles. The van der Waals surface area contributed by atoms with E-state index in [0.29, 0.717) is 22.5 Å². The zero-order valence-corrected chi connectivity index (χ0v) is 24.0. The highest BCUT2D eigenvalue weighted by Gasteiger charge is 2.39. The van der Waals surface area contributed by atoms with Crippen LogP contribution in [0.1, 0.15) is 59.8 Å². The number of aromatic nitrogens is 5. The third-order valence-electron chi connectivity index (χ3n) is 8.53. The fourth-order valence-electron chi connectivity index (χ4n) is 6.11. The Morgan fingerprint density at radius 2 is 1.71 bits per heavy atom. The monoisotopic (exact) mass is 542 g/mol. The van der Waals surface area contributed by atoms with Crippen LogP contribution in [0.25, 0.3) is 0 Å². The van der Waals surface area contributed by atoms with Crippen LogP contribution >= 0.6 is 11.3 Å². The number of nitrogens with one attached hydrogen (secondary N) is 2. The summed E-state index contributed by atoms with van der Waals surface area (Å²) in [5.41, 5.74) is 0.368. The first-order valence-electron chi connectivity index (χ1n) is 14.0. The fourth-order valence-corrected chi connectivity index (χ4v) is 6.83. The van der Waals surface area contributed by atoms with Crippen molar-refractivity contribution in [2.24, 2.45) is 11.3 Å². The summed E-state index contributed by atoms with van der Waals surface area (Å²) in [6.07, 6.45) is 8.67. The van der Waals surface area contributed by atoms with Gasteiger partial charge in [-0.1, -0.05) is 25.2 Å². The molecule has 3 aliphatic rings. The average molecular weight is 543 g/mol. The van der Waals surface area contributed by atoms with Gasteiger partial charge in [-0.15, -0.1) is 20.4 Å². The number of piperazine rings is 1. The van der Waals surface area contributed by atoms with Crippen LogP contribution in [-0.2, 0) is 4.79 Å². The van der Waals surface area contributed by atoms with Crippen LogP contribution in [0.2, 0.25) is 0 Å². The molecule has 3 fully saturated rings. The smallest absolute Gasteiger partial charge is 0.243 e. The highest BCUT2D eigenvalue weighted by atomic mass is 32.1. The minimum Gasteiger partial charge on any atom is -0.355 e. The number of hydrogen-bond donors (Lipinski definition) is 2. The van der Waals surface area contributed by atoms with E-state index in [4.69, 9.17) is 0 Å². The van der Waals surface area contributed by atoms with Crippen molar-refractivity contribution in [3.8, 4) is 0 Å². The maximum atomic E-state index is 13.8. The van der Waals surface area contributed by atoms with Gasteiger partial charge in [0.1, 0.15) is 6.33 Å². The minimum atomic E-state index is -0.121. The van der Waals surface area contributed by atoms with Crippen molar-refractivity contribution in [3.05, 3.63) is 12.5 Å². The number of hydrogen-bond acceptors (Lipinski definition) is 11. The van der Waals surface area contributed by atoms with E-state index in [-0.39, 0.29) is 18.0 Å². The summed E-state index contributed by atoms with van der Waals surface area (Å²) < 4.78 is 0. The lowest BCUT2D eigenvalue weighted by Crippen LogP contribution is -2.57. The van der Waals surface area contributed by atoms with E-state index >= 15 is 0 Å². The predicted molar refractivity (Wildman–Crippen MR) is 150 cm³/mol. The van der Waals surface area contributed by atoms with Gasteiger partial charge in [0.15, 0.2) is 5.82 Å². The Morgan fingerprint density at radius 1 is 1.00 bits per heavy atom. The van der Waals surface area contributed by atoms with E-state index in [1.807, 2.05) is 0 Å². The van der Waals surface area contributed by atoms with Crippen molar-refractivity contribution in [2.45, 2.75) is 77.9 Å². The van der Waals surface area contributed by atoms with Gasteiger partial charge in [0.05, 0.1) is 12.2 Å². The van der Waals surface area contributed by atoms with Crippen LogP contribution in [-0.4, -0.2) is 98.5 Å². The molecule has 1 saturated carbocycles. The topological polar surface area (TPSA) is 115 Å². The summed E-state index contributed by atoms with van der Waals surface area (Å²) in [5, 5.41) is 24.6. The molecule has 2 aromatic heterocycles. The van der Waals surface area contributed by atoms with Crippen molar-refractivity contribution < 1.29 is 4.79 Å². The highest BCUT2D eigenvalue weighted by molar-refractivity contribution is 7.19. The second-order valence-corrected chi connectivity index (χ2v) is 13.0. The Balaban J connectivity index is 1.20. The standard InChI is InChI=1S/C26H42N10OS/c1-18(2)34-11-13-35(14-12-34)22(19-5-8-26(3,4)9-6-19)23(37)30-25-33-32-24(38-25)29-20-7-10-36(16-20)21-15-27-17-28-31-21/h15,17-20,22H,5-14,16H2,1-4H3,(H,29,32)(H,30,33,37)/t20-,22?/m1/s1. The van der Waals surface area contributed by atoms with E-state index in [1.54, 1.807) is 6.20 Å². The first kappa shape index (κ1) is 27.1. The van der Waals surface area contributed by atoms with Gasteiger partial charge in [0.25, 0.3) is 0 Å². The Hall–Kier alpha value is -2.44. The van der Waals surface area contributed by atoms with Gasteiger partial charge in [-0.3, -0.25) is 19.9 Å². The zero-order valence-electron chi connectivity index (χ0n) is 23.1. The van der Waals surface area contributed by atoms with Gasteiger partial charge in [0.2, 0.25) is 16.2 Å². The lowest BCUT2D eigenvalue weighted by atomic mass is 9.70. The Labute approximate surface area is 229 Å². The largest absolute Gasteiger partial charge is 0.355 e. The van der Waals surface area contributed by atoms with Gasteiger partial charge in [0, 0.05) is 51.4 Å².